The maximum atomic E-state index is 13.0. The molecule has 16 nitrogen and oxygen atoms in total. The standard InChI is InChI=1S/C99H166O16P2/c1-4-7-10-13-16-19-22-25-28-31-34-36-38-40-42-43-44-45-46-47-48-49-51-53-54-56-59-61-64-67-70-73-76-79-82-85-97(102)109-88-94(100)89-111-116(105,106)112-90-95(101)91-113-117(107,108)114-93-96(115-99(104)87-84-81-78-75-72-69-66-63-58-33-30-27-24-21-18-15-12-9-6-3)92-110-98(103)86-83-80-77-74-71-68-65-62-60-57-55-52-50-41-39-37-35-32-29-26-23-20-17-14-11-8-5-2/h7-12,16-21,25-30,34-37,40-42,44-45,50,58,63,94-96,100-101H,4-6,13-15,22-24,31-33,38-39,43,46-49,51-57,59-62,64-93H2,1-3H3,(H,105,106)(H,107,108)/b10-7-,11-8-,12-9-,19-16-,20-17-,21-18-,28-25-,29-26-,30-27-,36-34-,37-35-,42-40-,45-44-,50-41-,63-58-. The molecule has 5 unspecified atom stereocenters. The SMILES string of the molecule is CC/C=C\C/C=C\C/C=C\C/C=C\C/C=C\C/C=C\CCCCCCCCCCCCCCCCCCC(=O)OCC(O)COP(=O)(O)OCC(O)COP(=O)(O)OCC(COC(=O)CCCCCCCCCCCCC/C=C\C/C=C\C/C=C\C/C=C\C/C=C\CC)OC(=O)CCCCCCCC/C=C\C/C=C\C/C=C\C/C=C\CC. The number of phosphoric ester groups is 2. The van der Waals surface area contributed by atoms with Crippen LogP contribution in [0.2, 0.25) is 0 Å². The number of phosphoric acid groups is 2. The Labute approximate surface area is 713 Å². The average Bonchev–Trinajstić information content (AvgIpc) is 0.904. The summed E-state index contributed by atoms with van der Waals surface area (Å²) in [6.45, 7) is 2.36. The van der Waals surface area contributed by atoms with E-state index in [-0.39, 0.29) is 19.3 Å². The van der Waals surface area contributed by atoms with Crippen LogP contribution < -0.4 is 0 Å². The Bertz CT molecular complexity index is 2860. The van der Waals surface area contributed by atoms with Crippen molar-refractivity contribution in [2.75, 3.05) is 39.6 Å². The summed E-state index contributed by atoms with van der Waals surface area (Å²) in [4.78, 5) is 59.0. The van der Waals surface area contributed by atoms with E-state index in [1.54, 1.807) is 0 Å². The molecule has 0 heterocycles. The van der Waals surface area contributed by atoms with Crippen LogP contribution in [0.3, 0.4) is 0 Å². The zero-order chi connectivity index (χ0) is 85.1. The Balaban J connectivity index is 4.52. The van der Waals surface area contributed by atoms with Crippen molar-refractivity contribution < 1.29 is 75.8 Å². The van der Waals surface area contributed by atoms with E-state index in [9.17, 15) is 43.5 Å². The Morgan fingerprint density at radius 1 is 0.239 bits per heavy atom. The van der Waals surface area contributed by atoms with E-state index in [2.05, 4.69) is 203 Å². The minimum absolute atomic E-state index is 0.0833. The van der Waals surface area contributed by atoms with Crippen molar-refractivity contribution in [3.05, 3.63) is 182 Å². The Hall–Kier alpha value is -5.35. The monoisotopic (exact) mass is 1670 g/mol. The number of carbonyl (C=O) groups excluding carboxylic acids is 3. The third kappa shape index (κ3) is 91.2. The van der Waals surface area contributed by atoms with Crippen LogP contribution >= 0.6 is 15.6 Å². The van der Waals surface area contributed by atoms with Crippen LogP contribution in [0, 0.1) is 0 Å². The first-order chi connectivity index (χ1) is 57.2. The largest absolute Gasteiger partial charge is 0.472 e. The van der Waals surface area contributed by atoms with Crippen molar-refractivity contribution in [1.29, 1.82) is 0 Å². The van der Waals surface area contributed by atoms with Gasteiger partial charge >= 0.3 is 33.6 Å². The quantitative estimate of drug-likeness (QED) is 0.0146. The van der Waals surface area contributed by atoms with Crippen LogP contribution in [0.15, 0.2) is 182 Å². The molecule has 0 aliphatic rings. The molecule has 668 valence electrons. The number of aliphatic hydroxyl groups is 2. The molecule has 0 rings (SSSR count). The molecule has 0 amide bonds. The molecule has 0 spiro atoms. The molecular weight excluding hydrogens is 1510 g/mol. The molecule has 117 heavy (non-hydrogen) atoms. The van der Waals surface area contributed by atoms with Crippen molar-refractivity contribution in [3.8, 4) is 0 Å². The van der Waals surface area contributed by atoms with Gasteiger partial charge in [0.25, 0.3) is 0 Å². The second-order valence-corrected chi connectivity index (χ2v) is 33.2. The topological polar surface area (TPSA) is 231 Å². The molecule has 0 bridgehead atoms. The van der Waals surface area contributed by atoms with Gasteiger partial charge in [-0.05, 0) is 154 Å². The zero-order valence-corrected chi connectivity index (χ0v) is 75.4. The lowest BCUT2D eigenvalue weighted by Crippen LogP contribution is -2.30. The number of hydrogen-bond donors (Lipinski definition) is 4. The smallest absolute Gasteiger partial charge is 0.463 e. The van der Waals surface area contributed by atoms with Gasteiger partial charge < -0.3 is 34.2 Å². The summed E-state index contributed by atoms with van der Waals surface area (Å²) in [6.07, 6.45) is 118. The lowest BCUT2D eigenvalue weighted by atomic mass is 10.0. The molecule has 0 saturated carbocycles. The van der Waals surface area contributed by atoms with Crippen molar-refractivity contribution >= 4 is 33.6 Å². The molecule has 0 aromatic carbocycles. The van der Waals surface area contributed by atoms with Crippen molar-refractivity contribution in [2.24, 2.45) is 0 Å². The number of aliphatic hydroxyl groups excluding tert-OH is 2. The van der Waals surface area contributed by atoms with Gasteiger partial charge in [0.1, 0.15) is 25.4 Å². The Kier molecular flexibility index (Phi) is 85.8. The van der Waals surface area contributed by atoms with Gasteiger partial charge in [-0.2, -0.15) is 0 Å². The van der Waals surface area contributed by atoms with E-state index < -0.39 is 91.5 Å². The fraction of sp³-hybridized carbons (Fsp3) is 0.667. The fourth-order valence-electron chi connectivity index (χ4n) is 12.2. The lowest BCUT2D eigenvalue weighted by Gasteiger charge is -2.21. The first-order valence-electron chi connectivity index (χ1n) is 46.1. The Morgan fingerprint density at radius 2 is 0.427 bits per heavy atom. The van der Waals surface area contributed by atoms with Crippen LogP contribution in [-0.4, -0.2) is 95.9 Å². The predicted molar refractivity (Wildman–Crippen MR) is 491 cm³/mol. The molecule has 18 heteroatoms. The Morgan fingerprint density at radius 3 is 0.675 bits per heavy atom. The summed E-state index contributed by atoms with van der Waals surface area (Å²) in [5.41, 5.74) is 0. The first-order valence-corrected chi connectivity index (χ1v) is 49.1. The molecule has 0 fully saturated rings. The minimum Gasteiger partial charge on any atom is -0.463 e. The van der Waals surface area contributed by atoms with Crippen LogP contribution in [0.25, 0.3) is 0 Å². The number of unbranched alkanes of at least 4 members (excludes halogenated alkanes) is 33. The number of ether oxygens (including phenoxy) is 3. The van der Waals surface area contributed by atoms with Gasteiger partial charge in [-0.3, -0.25) is 32.5 Å². The van der Waals surface area contributed by atoms with E-state index in [0.717, 1.165) is 186 Å². The number of esters is 3. The van der Waals surface area contributed by atoms with E-state index in [0.29, 0.717) is 19.3 Å². The third-order valence-corrected chi connectivity index (χ3v) is 21.0. The molecule has 0 aromatic heterocycles. The van der Waals surface area contributed by atoms with Gasteiger partial charge in [0.2, 0.25) is 0 Å². The summed E-state index contributed by atoms with van der Waals surface area (Å²) in [7, 11) is -9.82. The molecule has 4 N–H and O–H groups in total. The summed E-state index contributed by atoms with van der Waals surface area (Å²) < 4.78 is 61.5. The predicted octanol–water partition coefficient (Wildman–Crippen LogP) is 28.4. The average molecular weight is 1670 g/mol. The van der Waals surface area contributed by atoms with Crippen LogP contribution in [0.4, 0.5) is 0 Å². The first kappa shape index (κ1) is 112. The van der Waals surface area contributed by atoms with Gasteiger partial charge in [-0.25, -0.2) is 9.13 Å². The maximum Gasteiger partial charge on any atom is 0.472 e. The molecule has 5 atom stereocenters. The van der Waals surface area contributed by atoms with Crippen LogP contribution in [0.5, 0.6) is 0 Å². The maximum absolute atomic E-state index is 13.0. The van der Waals surface area contributed by atoms with Crippen molar-refractivity contribution in [1.82, 2.24) is 0 Å². The number of hydrogen-bond acceptors (Lipinski definition) is 14. The molecule has 0 radical (unpaired) electrons. The highest BCUT2D eigenvalue weighted by Crippen LogP contribution is 2.45. The minimum atomic E-state index is -4.95. The van der Waals surface area contributed by atoms with Gasteiger partial charge in [-0.1, -0.05) is 376 Å². The van der Waals surface area contributed by atoms with Crippen LogP contribution in [0.1, 0.15) is 367 Å². The molecule has 0 saturated heterocycles. The summed E-state index contributed by atoms with van der Waals surface area (Å²) in [5.74, 6) is -1.59. The lowest BCUT2D eigenvalue weighted by molar-refractivity contribution is -0.161. The molecular formula is C99H166O16P2. The van der Waals surface area contributed by atoms with E-state index in [1.165, 1.54) is 122 Å². The number of allylic oxidation sites excluding steroid dienone is 30. The van der Waals surface area contributed by atoms with E-state index in [4.69, 9.17) is 32.3 Å². The van der Waals surface area contributed by atoms with Gasteiger partial charge in [0, 0.05) is 19.3 Å². The number of rotatable bonds is 86. The van der Waals surface area contributed by atoms with Gasteiger partial charge in [-0.15, -0.1) is 0 Å². The summed E-state index contributed by atoms with van der Waals surface area (Å²) in [6, 6.07) is 0. The summed E-state index contributed by atoms with van der Waals surface area (Å²) in [5, 5.41) is 20.7. The van der Waals surface area contributed by atoms with Crippen molar-refractivity contribution in [2.45, 2.75) is 386 Å². The highest BCUT2D eigenvalue weighted by atomic mass is 31.2. The summed E-state index contributed by atoms with van der Waals surface area (Å²) >= 11 is 0. The van der Waals surface area contributed by atoms with Gasteiger partial charge in [0.15, 0.2) is 6.10 Å². The van der Waals surface area contributed by atoms with Crippen LogP contribution in [-0.2, 0) is 55.8 Å². The molecule has 0 aliphatic carbocycles. The van der Waals surface area contributed by atoms with Gasteiger partial charge in [0.05, 0.1) is 26.4 Å². The molecule has 0 aliphatic heterocycles. The second-order valence-electron chi connectivity index (χ2n) is 30.3. The third-order valence-electron chi connectivity index (χ3n) is 19.1. The highest BCUT2D eigenvalue weighted by Gasteiger charge is 2.29. The van der Waals surface area contributed by atoms with Crippen molar-refractivity contribution in [3.63, 3.8) is 0 Å². The van der Waals surface area contributed by atoms with E-state index in [1.807, 2.05) is 0 Å². The molecule has 0 aromatic rings. The van der Waals surface area contributed by atoms with E-state index >= 15 is 0 Å². The zero-order valence-electron chi connectivity index (χ0n) is 73.6. The number of carbonyl (C=O) groups is 3. The second kappa shape index (κ2) is 89.9. The highest BCUT2D eigenvalue weighted by molar-refractivity contribution is 7.47. The fourth-order valence-corrected chi connectivity index (χ4v) is 13.8. The normalized spacial score (nSPS) is 14.6.